The van der Waals surface area contributed by atoms with Crippen LogP contribution >= 0.6 is 31.9 Å². The quantitative estimate of drug-likeness (QED) is 0.385. The van der Waals surface area contributed by atoms with Crippen LogP contribution in [0.4, 0.5) is 0 Å². The maximum Gasteiger partial charge on any atom is 0.257 e. The standard InChI is InChI=1S/C14H15BrN2O.C13H13BrN2O.CH4/c1-18-14-11(7-10(15)8-16-14)13-6-9-4-2-3-5-12(9)17-13;14-9-6-10(13(17)15-7-9)12-5-8-3-1-2-4-11(8)16-12;/h7-8H,2-6H2,1H3;6-7H,1-5H2,(H,15,17);1H4. The number of aliphatic imine (C=N–C) groups is 2. The van der Waals surface area contributed by atoms with Gasteiger partial charge in [-0.05, 0) is 107 Å². The van der Waals surface area contributed by atoms with Gasteiger partial charge in [0, 0.05) is 45.6 Å². The van der Waals surface area contributed by atoms with Crippen LogP contribution in [0.2, 0.25) is 0 Å². The lowest BCUT2D eigenvalue weighted by Crippen LogP contribution is -2.16. The number of ether oxygens (including phenoxy) is 1. The number of allylic oxidation sites excluding steroid dienone is 4. The average Bonchev–Trinajstić information content (AvgIpc) is 3.50. The van der Waals surface area contributed by atoms with Gasteiger partial charge in [-0.3, -0.25) is 14.8 Å². The number of nitrogens with one attached hydrogen (secondary N) is 1. The number of aromatic amines is 1. The molecule has 2 aliphatic heterocycles. The van der Waals surface area contributed by atoms with Crippen molar-refractivity contribution in [2.45, 2.75) is 71.6 Å². The van der Waals surface area contributed by atoms with Gasteiger partial charge in [0.25, 0.3) is 5.56 Å². The number of halogens is 2. The van der Waals surface area contributed by atoms with Crippen LogP contribution in [0.15, 0.2) is 70.8 Å². The van der Waals surface area contributed by atoms with Crippen molar-refractivity contribution in [1.82, 2.24) is 9.97 Å². The highest BCUT2D eigenvalue weighted by molar-refractivity contribution is 9.10. The smallest absolute Gasteiger partial charge is 0.257 e. The van der Waals surface area contributed by atoms with Gasteiger partial charge in [-0.15, -0.1) is 0 Å². The van der Waals surface area contributed by atoms with Gasteiger partial charge >= 0.3 is 0 Å². The van der Waals surface area contributed by atoms with Gasteiger partial charge in [0.1, 0.15) is 0 Å². The van der Waals surface area contributed by atoms with Crippen LogP contribution in [0, 0.1) is 0 Å². The first-order valence-corrected chi connectivity index (χ1v) is 13.8. The number of hydrogen-bond acceptors (Lipinski definition) is 5. The maximum atomic E-state index is 11.8. The third-order valence-corrected chi connectivity index (χ3v) is 7.79. The van der Waals surface area contributed by atoms with Crippen molar-refractivity contribution in [1.29, 1.82) is 0 Å². The number of nitrogens with zero attached hydrogens (tertiary/aromatic N) is 3. The van der Waals surface area contributed by atoms with Gasteiger partial charge in [-0.1, -0.05) is 7.43 Å². The Kier molecular flexibility index (Phi) is 8.78. The molecule has 4 aliphatic rings. The van der Waals surface area contributed by atoms with E-state index >= 15 is 0 Å². The Hall–Kier alpha value is -2.32. The van der Waals surface area contributed by atoms with Gasteiger partial charge in [-0.25, -0.2) is 4.98 Å². The van der Waals surface area contributed by atoms with Crippen molar-refractivity contribution in [2.75, 3.05) is 7.11 Å². The van der Waals surface area contributed by atoms with E-state index in [0.29, 0.717) is 11.4 Å². The third-order valence-electron chi connectivity index (χ3n) is 6.90. The van der Waals surface area contributed by atoms with E-state index in [-0.39, 0.29) is 13.0 Å². The Balaban J connectivity index is 0.000000165. The number of aromatic nitrogens is 2. The molecule has 8 heteroatoms. The fourth-order valence-electron chi connectivity index (χ4n) is 5.14. The van der Waals surface area contributed by atoms with Crippen LogP contribution in [0.3, 0.4) is 0 Å². The monoisotopic (exact) mass is 614 g/mol. The summed E-state index contributed by atoms with van der Waals surface area (Å²) in [6.45, 7) is 0. The molecular formula is C28H32Br2N4O2. The van der Waals surface area contributed by atoms with E-state index in [9.17, 15) is 4.79 Å². The molecule has 0 bridgehead atoms. The van der Waals surface area contributed by atoms with Crippen molar-refractivity contribution < 1.29 is 4.74 Å². The summed E-state index contributed by atoms with van der Waals surface area (Å²) in [5, 5.41) is 0. The van der Waals surface area contributed by atoms with E-state index in [1.165, 1.54) is 54.6 Å². The topological polar surface area (TPSA) is 79.7 Å². The predicted molar refractivity (Wildman–Crippen MR) is 153 cm³/mol. The van der Waals surface area contributed by atoms with Crippen LogP contribution < -0.4 is 10.3 Å². The van der Waals surface area contributed by atoms with Crippen molar-refractivity contribution in [3.8, 4) is 5.88 Å². The number of hydrogen-bond donors (Lipinski definition) is 1. The first kappa shape index (κ1) is 26.7. The molecule has 0 radical (unpaired) electrons. The second-order valence-electron chi connectivity index (χ2n) is 9.26. The lowest BCUT2D eigenvalue weighted by atomic mass is 9.94. The molecule has 6 nitrogen and oxygen atoms in total. The van der Waals surface area contributed by atoms with Gasteiger partial charge in [-0.2, -0.15) is 0 Å². The largest absolute Gasteiger partial charge is 0.481 e. The van der Waals surface area contributed by atoms with Gasteiger partial charge in [0.05, 0.1) is 29.7 Å². The first-order chi connectivity index (χ1) is 17.0. The summed E-state index contributed by atoms with van der Waals surface area (Å²) in [7, 11) is 1.66. The Labute approximate surface area is 229 Å². The molecule has 6 rings (SSSR count). The summed E-state index contributed by atoms with van der Waals surface area (Å²) in [6.07, 6.45) is 14.8. The molecule has 2 aliphatic carbocycles. The summed E-state index contributed by atoms with van der Waals surface area (Å²) in [4.78, 5) is 28.2. The summed E-state index contributed by atoms with van der Waals surface area (Å²) < 4.78 is 7.19. The minimum absolute atomic E-state index is 0. The number of pyridine rings is 2. The highest BCUT2D eigenvalue weighted by atomic mass is 79.9. The fourth-order valence-corrected chi connectivity index (χ4v) is 5.82. The van der Waals surface area contributed by atoms with E-state index in [4.69, 9.17) is 9.73 Å². The van der Waals surface area contributed by atoms with E-state index in [1.54, 1.807) is 19.5 Å². The zero-order valence-electron chi connectivity index (χ0n) is 19.8. The van der Waals surface area contributed by atoms with Gasteiger partial charge < -0.3 is 9.72 Å². The molecule has 2 aromatic rings. The molecule has 0 atom stereocenters. The zero-order valence-corrected chi connectivity index (χ0v) is 23.0. The Morgan fingerprint density at radius 3 is 1.97 bits per heavy atom. The van der Waals surface area contributed by atoms with Crippen LogP contribution in [0.1, 0.15) is 82.8 Å². The molecule has 0 spiro atoms. The SMILES string of the molecule is C.COc1ncc(Br)cc1C1=NC2=C(CCCC2)C1.O=c1[nH]cc(Br)cc1C1=NC2=C(CCCC2)C1. The maximum absolute atomic E-state index is 11.8. The molecule has 1 N–H and O–H groups in total. The van der Waals surface area contributed by atoms with E-state index < -0.39 is 0 Å². The van der Waals surface area contributed by atoms with Crippen LogP contribution in [0.25, 0.3) is 0 Å². The molecule has 0 unspecified atom stereocenters. The predicted octanol–water partition coefficient (Wildman–Crippen LogP) is 7.67. The highest BCUT2D eigenvalue weighted by Gasteiger charge is 2.24. The van der Waals surface area contributed by atoms with Crippen LogP contribution in [0.5, 0.6) is 5.88 Å². The van der Waals surface area contributed by atoms with Crippen molar-refractivity contribution in [3.63, 3.8) is 0 Å². The van der Waals surface area contributed by atoms with Crippen LogP contribution in [-0.2, 0) is 0 Å². The molecule has 0 aromatic carbocycles. The molecule has 190 valence electrons. The molecule has 0 saturated heterocycles. The molecular weight excluding hydrogens is 584 g/mol. The molecule has 2 aromatic heterocycles. The van der Waals surface area contributed by atoms with Gasteiger partial charge in [0.2, 0.25) is 5.88 Å². The third kappa shape index (κ3) is 5.80. The second-order valence-corrected chi connectivity index (χ2v) is 11.1. The first-order valence-electron chi connectivity index (χ1n) is 12.2. The number of methoxy groups -OCH3 is 1. The fraction of sp³-hybridized carbons (Fsp3) is 0.429. The molecule has 4 heterocycles. The van der Waals surface area contributed by atoms with E-state index in [0.717, 1.165) is 58.0 Å². The average molecular weight is 616 g/mol. The Morgan fingerprint density at radius 1 is 0.833 bits per heavy atom. The Bertz CT molecular complexity index is 1340. The summed E-state index contributed by atoms with van der Waals surface area (Å²) in [5.41, 5.74) is 9.18. The molecule has 0 fully saturated rings. The van der Waals surface area contributed by atoms with Crippen molar-refractivity contribution in [3.05, 3.63) is 77.5 Å². The summed E-state index contributed by atoms with van der Waals surface area (Å²) in [6, 6.07) is 3.90. The lowest BCUT2D eigenvalue weighted by Gasteiger charge is -2.11. The van der Waals surface area contributed by atoms with Crippen molar-refractivity contribution in [2.24, 2.45) is 9.98 Å². The van der Waals surface area contributed by atoms with Crippen LogP contribution in [-0.4, -0.2) is 28.5 Å². The molecule has 0 saturated carbocycles. The summed E-state index contributed by atoms with van der Waals surface area (Å²) in [5.74, 6) is 0.664. The van der Waals surface area contributed by atoms with Gasteiger partial charge in [0.15, 0.2) is 0 Å². The van der Waals surface area contributed by atoms with E-state index in [1.807, 2.05) is 12.1 Å². The van der Waals surface area contributed by atoms with Crippen molar-refractivity contribution >= 4 is 43.3 Å². The highest BCUT2D eigenvalue weighted by Crippen LogP contribution is 2.36. The molecule has 0 amide bonds. The zero-order chi connectivity index (χ0) is 24.4. The Morgan fingerprint density at radius 2 is 1.39 bits per heavy atom. The second kappa shape index (κ2) is 11.8. The number of H-pyrrole nitrogens is 1. The minimum atomic E-state index is -0.0493. The number of rotatable bonds is 3. The lowest BCUT2D eigenvalue weighted by molar-refractivity contribution is 0.397. The summed E-state index contributed by atoms with van der Waals surface area (Å²) >= 11 is 6.84. The minimum Gasteiger partial charge on any atom is -0.481 e. The van der Waals surface area contributed by atoms with E-state index in [2.05, 4.69) is 46.8 Å². The molecule has 36 heavy (non-hydrogen) atoms. The normalized spacial score (nSPS) is 18.4.